The fourth-order valence-corrected chi connectivity index (χ4v) is 1.86. The number of aryl methyl sites for hydroxylation is 1. The molecule has 0 aliphatic rings. The Labute approximate surface area is 83.3 Å². The van der Waals surface area contributed by atoms with Crippen LogP contribution >= 0.6 is 27.5 Å². The van der Waals surface area contributed by atoms with Crippen LogP contribution in [0, 0.1) is 0 Å². The average Bonchev–Trinajstić information content (AvgIpc) is 2.29. The maximum absolute atomic E-state index is 5.99. The summed E-state index contributed by atoms with van der Waals surface area (Å²) in [5.41, 5.74) is 1.88. The van der Waals surface area contributed by atoms with Gasteiger partial charge in [0.05, 0.1) is 16.1 Å². The number of nitrogens with zero attached hydrogens (tertiary/aromatic N) is 2. The minimum Gasteiger partial charge on any atom is -0.320 e. The third-order valence-electron chi connectivity index (χ3n) is 1.79. The highest BCUT2D eigenvalue weighted by Crippen LogP contribution is 2.25. The first-order valence-electron chi connectivity index (χ1n) is 3.46. The maximum Gasteiger partial charge on any atom is 0.177 e. The van der Waals surface area contributed by atoms with Crippen LogP contribution in [0.3, 0.4) is 0 Å². The molecule has 1 aromatic carbocycles. The van der Waals surface area contributed by atoms with E-state index < -0.39 is 0 Å². The molecule has 0 saturated carbocycles. The fourth-order valence-electron chi connectivity index (χ4n) is 1.19. The fraction of sp³-hybridized carbons (Fsp3) is 0.125. The maximum atomic E-state index is 5.99. The van der Waals surface area contributed by atoms with Crippen molar-refractivity contribution < 1.29 is 0 Å². The van der Waals surface area contributed by atoms with Crippen LogP contribution < -0.4 is 0 Å². The monoisotopic (exact) mass is 244 g/mol. The SMILES string of the molecule is Cn1c(Br)nc2cccc(Cl)c21. The number of fused-ring (bicyclic) bond motifs is 1. The van der Waals surface area contributed by atoms with Gasteiger partial charge in [0.15, 0.2) is 4.73 Å². The number of halogens is 2. The first-order chi connectivity index (χ1) is 5.70. The van der Waals surface area contributed by atoms with Crippen LogP contribution in [0.4, 0.5) is 0 Å². The van der Waals surface area contributed by atoms with Crippen molar-refractivity contribution in [3.8, 4) is 0 Å². The Morgan fingerprint density at radius 1 is 1.50 bits per heavy atom. The molecule has 12 heavy (non-hydrogen) atoms. The molecule has 4 heteroatoms. The highest BCUT2D eigenvalue weighted by atomic mass is 79.9. The van der Waals surface area contributed by atoms with Gasteiger partial charge in [-0.2, -0.15) is 0 Å². The quantitative estimate of drug-likeness (QED) is 0.698. The zero-order valence-corrected chi connectivity index (χ0v) is 8.72. The van der Waals surface area contributed by atoms with Crippen molar-refractivity contribution in [2.75, 3.05) is 0 Å². The van der Waals surface area contributed by atoms with Gasteiger partial charge in [0.2, 0.25) is 0 Å². The van der Waals surface area contributed by atoms with Crippen LogP contribution in [0.5, 0.6) is 0 Å². The van der Waals surface area contributed by atoms with Crippen molar-refractivity contribution in [3.63, 3.8) is 0 Å². The molecule has 62 valence electrons. The van der Waals surface area contributed by atoms with Gasteiger partial charge in [-0.1, -0.05) is 17.7 Å². The van der Waals surface area contributed by atoms with Crippen molar-refractivity contribution in [1.82, 2.24) is 9.55 Å². The van der Waals surface area contributed by atoms with Gasteiger partial charge in [0.1, 0.15) is 0 Å². The lowest BCUT2D eigenvalue weighted by molar-refractivity contribution is 0.912. The first-order valence-corrected chi connectivity index (χ1v) is 4.63. The van der Waals surface area contributed by atoms with E-state index in [4.69, 9.17) is 11.6 Å². The van der Waals surface area contributed by atoms with Gasteiger partial charge < -0.3 is 4.57 Å². The molecular weight excluding hydrogens is 239 g/mol. The molecule has 1 aromatic heterocycles. The van der Waals surface area contributed by atoms with E-state index in [2.05, 4.69) is 20.9 Å². The predicted molar refractivity (Wildman–Crippen MR) is 53.4 cm³/mol. The van der Waals surface area contributed by atoms with Crippen LogP contribution in [0.25, 0.3) is 11.0 Å². The highest BCUT2D eigenvalue weighted by molar-refractivity contribution is 9.10. The summed E-state index contributed by atoms with van der Waals surface area (Å²) < 4.78 is 2.71. The molecule has 0 spiro atoms. The second-order valence-electron chi connectivity index (χ2n) is 2.55. The van der Waals surface area contributed by atoms with E-state index in [-0.39, 0.29) is 0 Å². The number of rotatable bonds is 0. The van der Waals surface area contributed by atoms with Crippen LogP contribution in [-0.2, 0) is 7.05 Å². The smallest absolute Gasteiger partial charge is 0.177 e. The Balaban J connectivity index is 2.97. The summed E-state index contributed by atoms with van der Waals surface area (Å²) >= 11 is 9.33. The minimum atomic E-state index is 0.730. The van der Waals surface area contributed by atoms with Crippen LogP contribution in [0.15, 0.2) is 22.9 Å². The number of imidazole rings is 1. The predicted octanol–water partition coefficient (Wildman–Crippen LogP) is 2.99. The Bertz CT molecular complexity index is 436. The molecule has 0 aliphatic heterocycles. The number of benzene rings is 1. The number of hydrogen-bond donors (Lipinski definition) is 0. The third kappa shape index (κ3) is 1.04. The standard InChI is InChI=1S/C8H6BrClN2/c1-12-7-5(10)3-2-4-6(7)11-8(12)9/h2-4H,1H3. The molecule has 0 aliphatic carbocycles. The molecule has 0 radical (unpaired) electrons. The van der Waals surface area contributed by atoms with E-state index in [1.165, 1.54) is 0 Å². The molecule has 1 heterocycles. The minimum absolute atomic E-state index is 0.730. The van der Waals surface area contributed by atoms with Gasteiger partial charge in [0.25, 0.3) is 0 Å². The Morgan fingerprint density at radius 3 is 2.92 bits per heavy atom. The zero-order chi connectivity index (χ0) is 8.72. The first kappa shape index (κ1) is 8.08. The van der Waals surface area contributed by atoms with Gasteiger partial charge in [-0.05, 0) is 28.1 Å². The van der Waals surface area contributed by atoms with E-state index in [1.54, 1.807) is 0 Å². The molecule has 0 bridgehead atoms. The molecule has 0 amide bonds. The summed E-state index contributed by atoms with van der Waals surface area (Å²) in [5.74, 6) is 0. The Hall–Kier alpha value is -0.540. The van der Waals surface area contributed by atoms with Gasteiger partial charge in [-0.3, -0.25) is 0 Å². The summed E-state index contributed by atoms with van der Waals surface area (Å²) in [6.45, 7) is 0. The second-order valence-corrected chi connectivity index (χ2v) is 3.66. The molecule has 0 N–H and O–H groups in total. The Morgan fingerprint density at radius 2 is 2.25 bits per heavy atom. The molecule has 2 aromatic rings. The molecule has 2 rings (SSSR count). The number of para-hydroxylation sites is 1. The van der Waals surface area contributed by atoms with Crippen molar-refractivity contribution in [1.29, 1.82) is 0 Å². The highest BCUT2D eigenvalue weighted by Gasteiger charge is 2.06. The molecular formula is C8H6BrClN2. The molecule has 0 fully saturated rings. The van der Waals surface area contributed by atoms with Crippen molar-refractivity contribution in [2.24, 2.45) is 7.05 Å². The van der Waals surface area contributed by atoms with Crippen LogP contribution in [0.1, 0.15) is 0 Å². The lowest BCUT2D eigenvalue weighted by Crippen LogP contribution is -1.87. The van der Waals surface area contributed by atoms with Crippen LogP contribution in [-0.4, -0.2) is 9.55 Å². The molecule has 0 unspecified atom stereocenters. The lowest BCUT2D eigenvalue weighted by atomic mass is 10.3. The molecule has 0 saturated heterocycles. The normalized spacial score (nSPS) is 10.9. The van der Waals surface area contributed by atoms with E-state index >= 15 is 0 Å². The van der Waals surface area contributed by atoms with Crippen molar-refractivity contribution in [2.45, 2.75) is 0 Å². The zero-order valence-electron chi connectivity index (χ0n) is 6.38. The Kier molecular flexibility index (Phi) is 1.85. The summed E-state index contributed by atoms with van der Waals surface area (Å²) in [4.78, 5) is 4.27. The van der Waals surface area contributed by atoms with Gasteiger partial charge in [-0.15, -0.1) is 0 Å². The average molecular weight is 246 g/mol. The summed E-state index contributed by atoms with van der Waals surface area (Å²) in [5, 5.41) is 0.730. The van der Waals surface area contributed by atoms with Crippen LogP contribution in [0.2, 0.25) is 5.02 Å². The summed E-state index contributed by atoms with van der Waals surface area (Å²) in [6, 6.07) is 5.69. The molecule has 2 nitrogen and oxygen atoms in total. The largest absolute Gasteiger partial charge is 0.320 e. The van der Waals surface area contributed by atoms with Crippen molar-refractivity contribution in [3.05, 3.63) is 28.0 Å². The second kappa shape index (κ2) is 2.75. The summed E-state index contributed by atoms with van der Waals surface area (Å²) in [6.07, 6.45) is 0. The van der Waals surface area contributed by atoms with E-state index in [0.29, 0.717) is 0 Å². The van der Waals surface area contributed by atoms with E-state index in [0.717, 1.165) is 20.8 Å². The topological polar surface area (TPSA) is 17.8 Å². The van der Waals surface area contributed by atoms with Gasteiger partial charge >= 0.3 is 0 Å². The third-order valence-corrected chi connectivity index (χ3v) is 2.80. The van der Waals surface area contributed by atoms with E-state index in [9.17, 15) is 0 Å². The number of aromatic nitrogens is 2. The lowest BCUT2D eigenvalue weighted by Gasteiger charge is -1.96. The molecule has 0 atom stereocenters. The van der Waals surface area contributed by atoms with Gasteiger partial charge in [0, 0.05) is 7.05 Å². The van der Waals surface area contributed by atoms with Gasteiger partial charge in [-0.25, -0.2) is 4.98 Å². The summed E-state index contributed by atoms with van der Waals surface area (Å²) in [7, 11) is 1.92. The van der Waals surface area contributed by atoms with E-state index in [1.807, 2.05) is 29.8 Å². The number of hydrogen-bond acceptors (Lipinski definition) is 1. The van der Waals surface area contributed by atoms with Crippen molar-refractivity contribution >= 4 is 38.6 Å².